The van der Waals surface area contributed by atoms with E-state index in [2.05, 4.69) is 0 Å². The molecular weight excluding hydrogens is 354 g/mol. The van der Waals surface area contributed by atoms with Crippen LogP contribution in [0.15, 0.2) is 12.1 Å². The second kappa shape index (κ2) is 6.75. The van der Waals surface area contributed by atoms with Crippen molar-refractivity contribution < 1.29 is 34.5 Å². The quantitative estimate of drug-likeness (QED) is 0.384. The van der Waals surface area contributed by atoms with Crippen molar-refractivity contribution in [1.29, 1.82) is 0 Å². The first-order valence-electron chi connectivity index (χ1n) is 7.78. The Hall–Kier alpha value is -0.360. The van der Waals surface area contributed by atoms with Crippen LogP contribution >= 0.6 is 15.9 Å². The number of phenols is 1. The average Bonchev–Trinajstić information content (AvgIpc) is 2.32. The number of phenolic OH excluding ortho intramolecular Hbond substituents is 1. The molecular formula is C15H30O7P2. The summed E-state index contributed by atoms with van der Waals surface area (Å²) in [6.07, 6.45) is 0.0334. The molecule has 24 heavy (non-hydrogen) atoms. The van der Waals surface area contributed by atoms with E-state index in [1.165, 1.54) is 19.1 Å². The van der Waals surface area contributed by atoms with Gasteiger partial charge in [0.15, 0.2) is 0 Å². The van der Waals surface area contributed by atoms with E-state index in [9.17, 15) is 34.5 Å². The van der Waals surface area contributed by atoms with Crippen LogP contribution in [-0.4, -0.2) is 34.5 Å². The molecule has 1 aromatic rings. The maximum atomic E-state index is 10.2. The molecule has 0 saturated carbocycles. The molecule has 0 amide bonds. The van der Waals surface area contributed by atoms with Crippen molar-refractivity contribution in [2.24, 2.45) is 0 Å². The fraction of sp³-hybridized carbons (Fsp3) is 0.600. The van der Waals surface area contributed by atoms with Crippen molar-refractivity contribution in [3.8, 4) is 5.75 Å². The molecule has 7 nitrogen and oxygen atoms in total. The van der Waals surface area contributed by atoms with Crippen molar-refractivity contribution in [3.05, 3.63) is 28.8 Å². The average molecular weight is 384 g/mol. The van der Waals surface area contributed by atoms with Gasteiger partial charge in [-0.2, -0.15) is 0 Å². The van der Waals surface area contributed by atoms with Crippen LogP contribution in [0.25, 0.3) is 0 Å². The van der Waals surface area contributed by atoms with Crippen molar-refractivity contribution in [1.82, 2.24) is 0 Å². The van der Waals surface area contributed by atoms with Crippen LogP contribution in [0.4, 0.5) is 0 Å². The Morgan fingerprint density at radius 1 is 0.875 bits per heavy atom. The predicted octanol–water partition coefficient (Wildman–Crippen LogP) is 1.89. The van der Waals surface area contributed by atoms with Gasteiger partial charge in [-0.15, -0.1) is 0 Å². The number of hydrogen-bond acceptors (Lipinski definition) is 7. The third-order valence-corrected chi connectivity index (χ3v) is 9.72. The summed E-state index contributed by atoms with van der Waals surface area (Å²) >= 11 is 0. The molecule has 0 bridgehead atoms. The van der Waals surface area contributed by atoms with E-state index < -0.39 is 26.2 Å². The van der Waals surface area contributed by atoms with Gasteiger partial charge in [-0.1, -0.05) is 0 Å². The Morgan fingerprint density at radius 2 is 1.33 bits per heavy atom. The van der Waals surface area contributed by atoms with Gasteiger partial charge >= 0.3 is 143 Å². The van der Waals surface area contributed by atoms with Gasteiger partial charge in [-0.3, -0.25) is 0 Å². The van der Waals surface area contributed by atoms with E-state index >= 15 is 0 Å². The molecule has 0 aliphatic heterocycles. The van der Waals surface area contributed by atoms with Crippen LogP contribution < -0.4 is 0 Å². The van der Waals surface area contributed by atoms with E-state index in [-0.39, 0.29) is 24.2 Å². The summed E-state index contributed by atoms with van der Waals surface area (Å²) in [5.74, 6) is -0.0312. The molecule has 0 aliphatic carbocycles. The van der Waals surface area contributed by atoms with Gasteiger partial charge in [0.05, 0.1) is 0 Å². The van der Waals surface area contributed by atoms with E-state index in [1.807, 2.05) is 20.8 Å². The van der Waals surface area contributed by atoms with E-state index in [0.29, 0.717) is 11.1 Å². The van der Waals surface area contributed by atoms with Crippen LogP contribution in [0.1, 0.15) is 57.2 Å². The minimum absolute atomic E-state index is 0.0312. The first kappa shape index (κ1) is 21.7. The first-order chi connectivity index (χ1) is 10.6. The molecule has 1 aromatic carbocycles. The van der Waals surface area contributed by atoms with Crippen molar-refractivity contribution in [2.45, 2.75) is 57.8 Å². The fourth-order valence-corrected chi connectivity index (χ4v) is 7.42. The molecule has 0 aliphatic rings. The monoisotopic (exact) mass is 384 g/mol. The minimum atomic E-state index is -5.23. The summed E-state index contributed by atoms with van der Waals surface area (Å²) in [6, 6.07) is 2.77. The Balaban J connectivity index is 3.91. The molecule has 0 aromatic heterocycles. The van der Waals surface area contributed by atoms with Gasteiger partial charge in [0.25, 0.3) is 0 Å². The Bertz CT molecular complexity index is 584. The third kappa shape index (κ3) is 3.74. The van der Waals surface area contributed by atoms with Crippen LogP contribution in [0.2, 0.25) is 0 Å². The number of hydrogen-bond donors (Lipinski definition) is 7. The van der Waals surface area contributed by atoms with Crippen molar-refractivity contribution in [2.75, 3.05) is 0 Å². The molecule has 0 radical (unpaired) electrons. The van der Waals surface area contributed by atoms with Gasteiger partial charge in [0, 0.05) is 0 Å². The zero-order valence-electron chi connectivity index (χ0n) is 14.7. The third-order valence-electron chi connectivity index (χ3n) is 4.38. The summed E-state index contributed by atoms with van der Waals surface area (Å²) in [7, 11) is -10.5. The van der Waals surface area contributed by atoms with Gasteiger partial charge in [0.2, 0.25) is 0 Å². The molecule has 1 rings (SSSR count). The summed E-state index contributed by atoms with van der Waals surface area (Å²) < 4.78 is 0. The van der Waals surface area contributed by atoms with Gasteiger partial charge in [0.1, 0.15) is 0 Å². The topological polar surface area (TPSA) is 142 Å². The van der Waals surface area contributed by atoms with Gasteiger partial charge in [-0.05, 0) is 0 Å². The molecule has 142 valence electrons. The van der Waals surface area contributed by atoms with Crippen LogP contribution in [0.5, 0.6) is 5.75 Å². The van der Waals surface area contributed by atoms with Crippen LogP contribution in [0.3, 0.4) is 0 Å². The van der Waals surface area contributed by atoms with Gasteiger partial charge in [-0.25, -0.2) is 0 Å². The molecule has 0 saturated heterocycles. The molecule has 0 unspecified atom stereocenters. The Morgan fingerprint density at radius 3 is 1.67 bits per heavy atom. The second-order valence-electron chi connectivity index (χ2n) is 7.36. The van der Waals surface area contributed by atoms with Crippen LogP contribution in [-0.2, 0) is 10.3 Å². The first-order valence-corrected chi connectivity index (χ1v) is 11.5. The SMILES string of the molecule is CCCC(c1cc(C(C)(C)C)c(O)cc1C)([PH](O)(O)O)[PH](O)(O)O. The normalized spacial score (nSPS) is 17.5. The summed E-state index contributed by atoms with van der Waals surface area (Å²) in [5.41, 5.74) is 0.252. The van der Waals surface area contributed by atoms with E-state index in [1.54, 1.807) is 6.92 Å². The molecule has 7 N–H and O–H groups in total. The van der Waals surface area contributed by atoms with E-state index in [4.69, 9.17) is 0 Å². The van der Waals surface area contributed by atoms with Crippen LogP contribution in [0, 0.1) is 6.92 Å². The van der Waals surface area contributed by atoms with E-state index in [0.717, 1.165) is 0 Å². The zero-order valence-corrected chi connectivity index (χ0v) is 16.7. The zero-order chi connectivity index (χ0) is 19.1. The summed E-state index contributed by atoms with van der Waals surface area (Å²) in [4.78, 5) is 58.1. The fourth-order valence-electron chi connectivity index (χ4n) is 3.18. The van der Waals surface area contributed by atoms with Gasteiger partial charge < -0.3 is 0 Å². The number of rotatable bonds is 5. The van der Waals surface area contributed by atoms with Crippen molar-refractivity contribution in [3.63, 3.8) is 0 Å². The molecule has 9 heteroatoms. The number of benzene rings is 1. The predicted molar refractivity (Wildman–Crippen MR) is 98.1 cm³/mol. The summed E-state index contributed by atoms with van der Waals surface area (Å²) in [6.45, 7) is 8.67. The molecule has 0 heterocycles. The Kier molecular flexibility index (Phi) is 6.10. The maximum absolute atomic E-state index is 10.2. The molecule has 0 spiro atoms. The standard InChI is InChI=1S/C15H30O7P2/c1-6-7-15(23(17,18)19,24(20,21)22)11-9-12(14(3,4)5)13(16)8-10(11)2/h8-9,16-24H,6-7H2,1-5H3. The summed E-state index contributed by atoms with van der Waals surface area (Å²) in [5, 5.41) is 10.2. The van der Waals surface area contributed by atoms with Crippen molar-refractivity contribution >= 4 is 15.9 Å². The second-order valence-corrected chi connectivity index (χ2v) is 12.1. The number of aromatic hydroxyl groups is 1. The Labute approximate surface area is 143 Å². The molecule has 0 fully saturated rings. The number of aryl methyl sites for hydroxylation is 1. The molecule has 0 atom stereocenters.